The topological polar surface area (TPSA) is 101 Å². The summed E-state index contributed by atoms with van der Waals surface area (Å²) in [5.41, 5.74) is 0.996. The summed E-state index contributed by atoms with van der Waals surface area (Å²) in [6, 6.07) is 7.38. The molecular formula is C16H21N3O4S. The highest BCUT2D eigenvalue weighted by Crippen LogP contribution is 2.12. The van der Waals surface area contributed by atoms with Crippen LogP contribution in [0.1, 0.15) is 42.1 Å². The minimum Gasteiger partial charge on any atom is -0.361 e. The molecule has 0 saturated heterocycles. The molecule has 1 heterocycles. The second-order valence-corrected chi connectivity index (χ2v) is 7.28. The molecule has 24 heavy (non-hydrogen) atoms. The highest BCUT2D eigenvalue weighted by Gasteiger charge is 2.17. The normalized spacial score (nSPS) is 12.8. The SMILES string of the molecule is CCC(C)NS(=O)(=O)c1ccc(C(=O)NCc2cc(C)on2)cc1. The van der Waals surface area contributed by atoms with Gasteiger partial charge in [-0.1, -0.05) is 12.1 Å². The smallest absolute Gasteiger partial charge is 0.251 e. The summed E-state index contributed by atoms with van der Waals surface area (Å²) in [4.78, 5) is 12.2. The maximum atomic E-state index is 12.2. The van der Waals surface area contributed by atoms with Crippen molar-refractivity contribution in [2.75, 3.05) is 0 Å². The predicted molar refractivity (Wildman–Crippen MR) is 88.9 cm³/mol. The van der Waals surface area contributed by atoms with Crippen molar-refractivity contribution in [3.05, 3.63) is 47.3 Å². The van der Waals surface area contributed by atoms with Crippen LogP contribution < -0.4 is 10.0 Å². The minimum absolute atomic E-state index is 0.131. The molecule has 0 saturated carbocycles. The van der Waals surface area contributed by atoms with Gasteiger partial charge >= 0.3 is 0 Å². The number of nitrogens with one attached hydrogen (secondary N) is 2. The van der Waals surface area contributed by atoms with Crippen molar-refractivity contribution in [1.82, 2.24) is 15.2 Å². The van der Waals surface area contributed by atoms with E-state index in [9.17, 15) is 13.2 Å². The van der Waals surface area contributed by atoms with Crippen molar-refractivity contribution < 1.29 is 17.7 Å². The zero-order chi connectivity index (χ0) is 17.7. The lowest BCUT2D eigenvalue weighted by Gasteiger charge is -2.12. The molecule has 0 radical (unpaired) electrons. The Balaban J connectivity index is 2.01. The van der Waals surface area contributed by atoms with Crippen LogP contribution in [0, 0.1) is 6.92 Å². The van der Waals surface area contributed by atoms with Gasteiger partial charge in [0.1, 0.15) is 11.5 Å². The van der Waals surface area contributed by atoms with Gasteiger partial charge in [-0.3, -0.25) is 4.79 Å². The molecule has 0 bridgehead atoms. The molecule has 0 aliphatic rings. The fourth-order valence-corrected chi connectivity index (χ4v) is 3.30. The van der Waals surface area contributed by atoms with Crippen LogP contribution in [0.4, 0.5) is 0 Å². The molecule has 0 fully saturated rings. The van der Waals surface area contributed by atoms with Crippen molar-refractivity contribution in [2.45, 2.75) is 44.7 Å². The summed E-state index contributed by atoms with van der Waals surface area (Å²) in [5.74, 6) is 0.358. The lowest BCUT2D eigenvalue weighted by molar-refractivity contribution is 0.0950. The van der Waals surface area contributed by atoms with Gasteiger partial charge < -0.3 is 9.84 Å². The van der Waals surface area contributed by atoms with E-state index in [1.807, 2.05) is 6.92 Å². The molecule has 0 aliphatic heterocycles. The molecule has 1 aromatic heterocycles. The summed E-state index contributed by atoms with van der Waals surface area (Å²) in [7, 11) is -3.57. The number of aromatic nitrogens is 1. The van der Waals surface area contributed by atoms with Gasteiger partial charge in [-0.2, -0.15) is 0 Å². The summed E-state index contributed by atoms with van der Waals surface area (Å²) in [5, 5.41) is 6.49. The second kappa shape index (κ2) is 7.59. The monoisotopic (exact) mass is 351 g/mol. The Morgan fingerprint density at radius 1 is 1.29 bits per heavy atom. The standard InChI is InChI=1S/C16H21N3O4S/c1-4-11(2)19-24(21,22)15-7-5-13(6-8-15)16(20)17-10-14-9-12(3)23-18-14/h5-9,11,19H,4,10H2,1-3H3,(H,17,20). The van der Waals surface area contributed by atoms with Gasteiger partial charge in [-0.25, -0.2) is 13.1 Å². The largest absolute Gasteiger partial charge is 0.361 e. The molecule has 2 aromatic rings. The summed E-state index contributed by atoms with van der Waals surface area (Å²) in [6.45, 7) is 5.71. The zero-order valence-electron chi connectivity index (χ0n) is 13.9. The van der Waals surface area contributed by atoms with E-state index in [1.165, 1.54) is 24.3 Å². The average molecular weight is 351 g/mol. The Kier molecular flexibility index (Phi) is 5.74. The number of aryl methyl sites for hydroxylation is 1. The van der Waals surface area contributed by atoms with Gasteiger partial charge in [0.25, 0.3) is 5.91 Å². The number of carbonyl (C=O) groups is 1. The number of amides is 1. The van der Waals surface area contributed by atoms with Gasteiger partial charge in [-0.15, -0.1) is 0 Å². The number of sulfonamides is 1. The molecule has 130 valence electrons. The lowest BCUT2D eigenvalue weighted by Crippen LogP contribution is -2.32. The van der Waals surface area contributed by atoms with Crippen molar-refractivity contribution in [3.8, 4) is 0 Å². The van der Waals surface area contributed by atoms with E-state index in [1.54, 1.807) is 19.9 Å². The Hall–Kier alpha value is -2.19. The summed E-state index contributed by atoms with van der Waals surface area (Å²) >= 11 is 0. The van der Waals surface area contributed by atoms with Crippen LogP contribution in [0.25, 0.3) is 0 Å². The number of rotatable bonds is 7. The van der Waals surface area contributed by atoms with Crippen molar-refractivity contribution in [2.24, 2.45) is 0 Å². The highest BCUT2D eigenvalue weighted by molar-refractivity contribution is 7.89. The van der Waals surface area contributed by atoms with E-state index < -0.39 is 10.0 Å². The number of benzene rings is 1. The molecular weight excluding hydrogens is 330 g/mol. The second-order valence-electron chi connectivity index (χ2n) is 5.57. The van der Waals surface area contributed by atoms with E-state index in [0.29, 0.717) is 23.4 Å². The molecule has 1 unspecified atom stereocenters. The fourth-order valence-electron chi connectivity index (χ4n) is 1.98. The average Bonchev–Trinajstić information content (AvgIpc) is 2.97. The zero-order valence-corrected chi connectivity index (χ0v) is 14.7. The predicted octanol–water partition coefficient (Wildman–Crippen LogP) is 1.99. The molecule has 7 nitrogen and oxygen atoms in total. The molecule has 1 aromatic carbocycles. The highest BCUT2D eigenvalue weighted by atomic mass is 32.2. The first-order valence-electron chi connectivity index (χ1n) is 7.64. The third kappa shape index (κ3) is 4.65. The number of nitrogens with zero attached hydrogens (tertiary/aromatic N) is 1. The Morgan fingerprint density at radius 3 is 2.50 bits per heavy atom. The number of carbonyl (C=O) groups excluding carboxylic acids is 1. The van der Waals surface area contributed by atoms with Crippen molar-refractivity contribution >= 4 is 15.9 Å². The third-order valence-electron chi connectivity index (χ3n) is 3.50. The van der Waals surface area contributed by atoms with Crippen LogP contribution in [-0.4, -0.2) is 25.5 Å². The molecule has 0 aliphatic carbocycles. The van der Waals surface area contributed by atoms with E-state index in [-0.39, 0.29) is 23.4 Å². The quantitative estimate of drug-likeness (QED) is 0.794. The Bertz CT molecular complexity index is 797. The first-order chi connectivity index (χ1) is 11.3. The first kappa shape index (κ1) is 18.2. The Labute approximate surface area is 141 Å². The molecule has 2 N–H and O–H groups in total. The fraction of sp³-hybridized carbons (Fsp3) is 0.375. The van der Waals surface area contributed by atoms with E-state index in [2.05, 4.69) is 15.2 Å². The maximum Gasteiger partial charge on any atom is 0.251 e. The van der Waals surface area contributed by atoms with E-state index in [4.69, 9.17) is 4.52 Å². The minimum atomic E-state index is -3.57. The van der Waals surface area contributed by atoms with Gasteiger partial charge in [0, 0.05) is 17.7 Å². The van der Waals surface area contributed by atoms with Crippen LogP contribution in [0.3, 0.4) is 0 Å². The van der Waals surface area contributed by atoms with Crippen LogP contribution in [0.5, 0.6) is 0 Å². The first-order valence-corrected chi connectivity index (χ1v) is 9.13. The van der Waals surface area contributed by atoms with Crippen molar-refractivity contribution in [3.63, 3.8) is 0 Å². The van der Waals surface area contributed by atoms with Crippen molar-refractivity contribution in [1.29, 1.82) is 0 Å². The van der Waals surface area contributed by atoms with Crippen LogP contribution in [0.2, 0.25) is 0 Å². The maximum absolute atomic E-state index is 12.2. The van der Waals surface area contributed by atoms with E-state index >= 15 is 0 Å². The summed E-state index contributed by atoms with van der Waals surface area (Å²) < 4.78 is 31.8. The molecule has 2 rings (SSSR count). The lowest BCUT2D eigenvalue weighted by atomic mass is 10.2. The van der Waals surface area contributed by atoms with Gasteiger partial charge in [-0.05, 0) is 44.5 Å². The molecule has 1 amide bonds. The third-order valence-corrected chi connectivity index (χ3v) is 5.11. The van der Waals surface area contributed by atoms with Gasteiger partial charge in [0.2, 0.25) is 10.0 Å². The number of hydrogen-bond acceptors (Lipinski definition) is 5. The molecule has 0 spiro atoms. The summed E-state index contributed by atoms with van der Waals surface area (Å²) in [6.07, 6.45) is 0.696. The molecule has 1 atom stereocenters. The van der Waals surface area contributed by atoms with Gasteiger partial charge in [0.15, 0.2) is 0 Å². The van der Waals surface area contributed by atoms with E-state index in [0.717, 1.165) is 0 Å². The van der Waals surface area contributed by atoms with Crippen LogP contribution >= 0.6 is 0 Å². The van der Waals surface area contributed by atoms with Crippen LogP contribution in [-0.2, 0) is 16.6 Å². The van der Waals surface area contributed by atoms with Crippen LogP contribution in [0.15, 0.2) is 39.8 Å². The molecule has 8 heteroatoms. The number of hydrogen-bond donors (Lipinski definition) is 2. The Morgan fingerprint density at radius 2 is 1.96 bits per heavy atom. The van der Waals surface area contributed by atoms with Gasteiger partial charge in [0.05, 0.1) is 11.4 Å².